The van der Waals surface area contributed by atoms with Crippen molar-refractivity contribution in [3.05, 3.63) is 83.7 Å². The Labute approximate surface area is 172 Å². The van der Waals surface area contributed by atoms with Crippen molar-refractivity contribution in [2.45, 2.75) is 25.9 Å². The molecular weight excluding hydrogens is 385 g/mol. The first-order valence-electron chi connectivity index (χ1n) is 9.52. The van der Waals surface area contributed by atoms with Gasteiger partial charge in [0.1, 0.15) is 11.6 Å². The van der Waals surface area contributed by atoms with Crippen LogP contribution in [0.2, 0.25) is 0 Å². The lowest BCUT2D eigenvalue weighted by Crippen LogP contribution is -2.23. The van der Waals surface area contributed by atoms with Crippen LogP contribution in [0, 0.1) is 5.82 Å². The summed E-state index contributed by atoms with van der Waals surface area (Å²) in [6, 6.07) is 13.6. The maximum Gasteiger partial charge on any atom is 0.220 e. The van der Waals surface area contributed by atoms with Gasteiger partial charge in [-0.3, -0.25) is 9.78 Å². The molecule has 0 unspecified atom stereocenters. The van der Waals surface area contributed by atoms with E-state index in [1.807, 2.05) is 12.1 Å². The van der Waals surface area contributed by atoms with E-state index >= 15 is 0 Å². The molecule has 0 aliphatic carbocycles. The number of hydrogen-bond acceptors (Lipinski definition) is 6. The number of benzene rings is 1. The standard InChI is InChI=1S/C21H20FN7O/c22-17-5-3-15(4-6-17)13-24-18-7-8-19-26-27-20(29(19)28-18)9-10-21(30)25-14-16-2-1-11-23-12-16/h1-8,11-12H,9-10,13-14H2,(H,24,28)(H,25,30). The van der Waals surface area contributed by atoms with E-state index in [1.165, 1.54) is 12.1 Å². The van der Waals surface area contributed by atoms with Gasteiger partial charge in [-0.25, -0.2) is 4.39 Å². The van der Waals surface area contributed by atoms with Gasteiger partial charge in [0.05, 0.1) is 0 Å². The highest BCUT2D eigenvalue weighted by atomic mass is 19.1. The van der Waals surface area contributed by atoms with Gasteiger partial charge in [-0.2, -0.15) is 4.52 Å². The molecule has 30 heavy (non-hydrogen) atoms. The average molecular weight is 405 g/mol. The van der Waals surface area contributed by atoms with E-state index < -0.39 is 0 Å². The third kappa shape index (κ3) is 4.93. The van der Waals surface area contributed by atoms with Crippen molar-refractivity contribution in [3.63, 3.8) is 0 Å². The zero-order chi connectivity index (χ0) is 20.8. The Morgan fingerprint density at radius 2 is 1.87 bits per heavy atom. The Morgan fingerprint density at radius 1 is 1.00 bits per heavy atom. The largest absolute Gasteiger partial charge is 0.365 e. The second-order valence-electron chi connectivity index (χ2n) is 6.72. The highest BCUT2D eigenvalue weighted by Gasteiger charge is 2.10. The van der Waals surface area contributed by atoms with Gasteiger partial charge in [0.2, 0.25) is 5.91 Å². The maximum absolute atomic E-state index is 13.0. The first-order valence-corrected chi connectivity index (χ1v) is 9.52. The van der Waals surface area contributed by atoms with Gasteiger partial charge in [0, 0.05) is 38.3 Å². The van der Waals surface area contributed by atoms with Gasteiger partial charge >= 0.3 is 0 Å². The minimum absolute atomic E-state index is 0.0822. The van der Waals surface area contributed by atoms with E-state index in [-0.39, 0.29) is 18.1 Å². The summed E-state index contributed by atoms with van der Waals surface area (Å²) in [7, 11) is 0. The lowest BCUT2D eigenvalue weighted by Gasteiger charge is -2.07. The van der Waals surface area contributed by atoms with Gasteiger partial charge in [0.25, 0.3) is 0 Å². The summed E-state index contributed by atoms with van der Waals surface area (Å²) in [4.78, 5) is 16.2. The number of rotatable bonds is 8. The molecule has 3 heterocycles. The summed E-state index contributed by atoms with van der Waals surface area (Å²) in [6.45, 7) is 0.940. The van der Waals surface area contributed by atoms with Crippen LogP contribution < -0.4 is 10.6 Å². The van der Waals surface area contributed by atoms with E-state index in [4.69, 9.17) is 0 Å². The molecule has 0 spiro atoms. The fraction of sp³-hybridized carbons (Fsp3) is 0.190. The van der Waals surface area contributed by atoms with Crippen molar-refractivity contribution in [2.75, 3.05) is 5.32 Å². The Bertz CT molecular complexity index is 1130. The molecule has 8 nitrogen and oxygen atoms in total. The average Bonchev–Trinajstić information content (AvgIpc) is 3.19. The molecule has 3 aromatic heterocycles. The highest BCUT2D eigenvalue weighted by Crippen LogP contribution is 2.11. The lowest BCUT2D eigenvalue weighted by molar-refractivity contribution is -0.121. The summed E-state index contributed by atoms with van der Waals surface area (Å²) in [5.74, 6) is 0.888. The molecule has 0 atom stereocenters. The Morgan fingerprint density at radius 3 is 2.67 bits per heavy atom. The minimum Gasteiger partial charge on any atom is -0.365 e. The molecule has 9 heteroatoms. The summed E-state index contributed by atoms with van der Waals surface area (Å²) in [5, 5.41) is 18.8. The van der Waals surface area contributed by atoms with Crippen LogP contribution in [0.3, 0.4) is 0 Å². The quantitative estimate of drug-likeness (QED) is 0.468. The smallest absolute Gasteiger partial charge is 0.220 e. The predicted molar refractivity (Wildman–Crippen MR) is 109 cm³/mol. The Hall–Kier alpha value is -3.88. The molecule has 4 rings (SSSR count). The molecule has 0 aliphatic rings. The number of nitrogens with zero attached hydrogens (tertiary/aromatic N) is 5. The molecule has 4 aromatic rings. The number of fused-ring (bicyclic) bond motifs is 1. The number of anilines is 1. The van der Waals surface area contributed by atoms with E-state index in [2.05, 4.69) is 30.9 Å². The number of carbonyl (C=O) groups is 1. The summed E-state index contributed by atoms with van der Waals surface area (Å²) < 4.78 is 14.6. The molecule has 152 valence electrons. The molecule has 0 aliphatic heterocycles. The number of nitrogens with one attached hydrogen (secondary N) is 2. The summed E-state index contributed by atoms with van der Waals surface area (Å²) in [5.41, 5.74) is 2.48. The molecule has 1 amide bonds. The monoisotopic (exact) mass is 405 g/mol. The SMILES string of the molecule is O=C(CCc1nnc2ccc(NCc3ccc(F)cc3)nn12)NCc1cccnc1. The molecule has 1 aromatic carbocycles. The number of amides is 1. The molecule has 2 N–H and O–H groups in total. The lowest BCUT2D eigenvalue weighted by atomic mass is 10.2. The molecule has 0 radical (unpaired) electrons. The summed E-state index contributed by atoms with van der Waals surface area (Å²) >= 11 is 0. The van der Waals surface area contributed by atoms with Gasteiger partial charge in [-0.15, -0.1) is 15.3 Å². The first kappa shape index (κ1) is 19.4. The van der Waals surface area contributed by atoms with Gasteiger partial charge < -0.3 is 10.6 Å². The topological polar surface area (TPSA) is 97.1 Å². The number of halogens is 1. The number of aryl methyl sites for hydroxylation is 1. The van der Waals surface area contributed by atoms with Gasteiger partial charge in [-0.1, -0.05) is 18.2 Å². The second-order valence-corrected chi connectivity index (χ2v) is 6.72. The number of hydrogen-bond donors (Lipinski definition) is 2. The third-order valence-corrected chi connectivity index (χ3v) is 4.50. The number of carbonyl (C=O) groups excluding carboxylic acids is 1. The molecule has 0 saturated carbocycles. The van der Waals surface area contributed by atoms with Crippen LogP contribution in [0.4, 0.5) is 10.2 Å². The minimum atomic E-state index is -0.267. The zero-order valence-corrected chi connectivity index (χ0v) is 16.1. The second kappa shape index (κ2) is 9.08. The van der Waals surface area contributed by atoms with Crippen LogP contribution in [0.25, 0.3) is 5.65 Å². The van der Waals surface area contributed by atoms with Crippen LogP contribution in [0.5, 0.6) is 0 Å². The van der Waals surface area contributed by atoms with Crippen molar-refractivity contribution < 1.29 is 9.18 Å². The summed E-state index contributed by atoms with van der Waals surface area (Å²) in [6.07, 6.45) is 4.10. The fourth-order valence-corrected chi connectivity index (χ4v) is 2.90. The first-order chi connectivity index (χ1) is 14.7. The fourth-order valence-electron chi connectivity index (χ4n) is 2.90. The van der Waals surface area contributed by atoms with Crippen molar-refractivity contribution >= 4 is 17.4 Å². The van der Waals surface area contributed by atoms with Crippen LogP contribution in [0.1, 0.15) is 23.4 Å². The number of aromatic nitrogens is 5. The van der Waals surface area contributed by atoms with Gasteiger partial charge in [-0.05, 0) is 41.5 Å². The van der Waals surface area contributed by atoms with Crippen molar-refractivity contribution in [1.29, 1.82) is 0 Å². The van der Waals surface area contributed by atoms with Gasteiger partial charge in [0.15, 0.2) is 11.5 Å². The van der Waals surface area contributed by atoms with Crippen LogP contribution in [0.15, 0.2) is 60.9 Å². The predicted octanol–water partition coefficient (Wildman–Crippen LogP) is 2.52. The van der Waals surface area contributed by atoms with Crippen LogP contribution in [-0.2, 0) is 24.3 Å². The molecule has 0 saturated heterocycles. The van der Waals surface area contributed by atoms with Crippen molar-refractivity contribution in [1.82, 2.24) is 30.1 Å². The zero-order valence-electron chi connectivity index (χ0n) is 16.1. The third-order valence-electron chi connectivity index (χ3n) is 4.50. The normalized spacial score (nSPS) is 10.8. The molecule has 0 bridgehead atoms. The van der Waals surface area contributed by atoms with Crippen LogP contribution in [-0.4, -0.2) is 30.7 Å². The van der Waals surface area contributed by atoms with E-state index in [9.17, 15) is 9.18 Å². The van der Waals surface area contributed by atoms with Crippen molar-refractivity contribution in [2.24, 2.45) is 0 Å². The Balaban J connectivity index is 1.35. The molecular formula is C21H20FN7O. The van der Waals surface area contributed by atoms with E-state index in [1.54, 1.807) is 41.2 Å². The van der Waals surface area contributed by atoms with E-state index in [0.29, 0.717) is 36.8 Å². The van der Waals surface area contributed by atoms with E-state index in [0.717, 1.165) is 11.1 Å². The maximum atomic E-state index is 13.0. The highest BCUT2D eigenvalue weighted by molar-refractivity contribution is 5.76. The van der Waals surface area contributed by atoms with Crippen molar-refractivity contribution in [3.8, 4) is 0 Å². The van der Waals surface area contributed by atoms with Crippen LogP contribution >= 0.6 is 0 Å². The molecule has 0 fully saturated rings. The number of pyridine rings is 1. The Kier molecular flexibility index (Phi) is 5.88.